The van der Waals surface area contributed by atoms with Gasteiger partial charge in [0.05, 0.1) is 29.1 Å². The largest absolute Gasteiger partial charge is 0.496 e. The molecule has 0 spiro atoms. The summed E-state index contributed by atoms with van der Waals surface area (Å²) in [5.41, 5.74) is 2.08. The molecule has 0 aromatic heterocycles. The molecule has 0 saturated carbocycles. The third-order valence-electron chi connectivity index (χ3n) is 4.06. The van der Waals surface area contributed by atoms with Crippen molar-refractivity contribution in [3.8, 4) is 5.75 Å². The molecular weight excluding hydrogens is 392 g/mol. The van der Waals surface area contributed by atoms with Crippen LogP contribution >= 0.6 is 27.5 Å². The standard InChI is InChI=1S/C18H18BrClN2O2/c1-24-16-8-7-12(19)11-13(16)18(23)21-15-6-4-5-14(20)17(15)22-9-2-3-10-22/h4-8,11H,2-3,9-10H2,1H3,(H,21,23). The first-order chi connectivity index (χ1) is 11.6. The minimum Gasteiger partial charge on any atom is -0.496 e. The highest BCUT2D eigenvalue weighted by atomic mass is 79.9. The molecule has 1 saturated heterocycles. The maximum Gasteiger partial charge on any atom is 0.259 e. The number of methoxy groups -OCH3 is 1. The van der Waals surface area contributed by atoms with Crippen molar-refractivity contribution in [1.82, 2.24) is 0 Å². The van der Waals surface area contributed by atoms with E-state index in [1.807, 2.05) is 24.3 Å². The van der Waals surface area contributed by atoms with Crippen LogP contribution in [0.1, 0.15) is 23.2 Å². The predicted octanol–water partition coefficient (Wildman–Crippen LogP) is 4.96. The van der Waals surface area contributed by atoms with Crippen LogP contribution in [0.25, 0.3) is 0 Å². The van der Waals surface area contributed by atoms with Crippen LogP contribution < -0.4 is 15.0 Å². The molecule has 1 N–H and O–H groups in total. The second-order valence-electron chi connectivity index (χ2n) is 5.63. The predicted molar refractivity (Wildman–Crippen MR) is 102 cm³/mol. The van der Waals surface area contributed by atoms with Gasteiger partial charge in [-0.2, -0.15) is 0 Å². The molecule has 6 heteroatoms. The number of nitrogens with zero attached hydrogens (tertiary/aromatic N) is 1. The van der Waals surface area contributed by atoms with Crippen LogP contribution in [0.5, 0.6) is 5.75 Å². The van der Waals surface area contributed by atoms with E-state index in [2.05, 4.69) is 26.1 Å². The summed E-state index contributed by atoms with van der Waals surface area (Å²) in [6, 6.07) is 10.9. The first-order valence-electron chi connectivity index (χ1n) is 7.78. The maximum atomic E-state index is 12.8. The molecule has 0 unspecified atom stereocenters. The lowest BCUT2D eigenvalue weighted by Crippen LogP contribution is -2.21. The summed E-state index contributed by atoms with van der Waals surface area (Å²) in [5.74, 6) is 0.302. The lowest BCUT2D eigenvalue weighted by Gasteiger charge is -2.23. The summed E-state index contributed by atoms with van der Waals surface area (Å²) in [7, 11) is 1.55. The lowest BCUT2D eigenvalue weighted by molar-refractivity contribution is 0.102. The zero-order chi connectivity index (χ0) is 17.1. The van der Waals surface area contributed by atoms with Gasteiger partial charge >= 0.3 is 0 Å². The number of anilines is 2. The molecule has 2 aromatic rings. The average Bonchev–Trinajstić information content (AvgIpc) is 3.09. The first kappa shape index (κ1) is 17.1. The SMILES string of the molecule is COc1ccc(Br)cc1C(=O)Nc1cccc(Cl)c1N1CCCC1. The van der Waals surface area contributed by atoms with Gasteiger partial charge < -0.3 is 15.0 Å². The van der Waals surface area contributed by atoms with Gasteiger partial charge in [0.1, 0.15) is 5.75 Å². The van der Waals surface area contributed by atoms with Crippen molar-refractivity contribution < 1.29 is 9.53 Å². The third-order valence-corrected chi connectivity index (χ3v) is 4.86. The Morgan fingerprint density at radius 1 is 1.25 bits per heavy atom. The van der Waals surface area contributed by atoms with Gasteiger partial charge in [0, 0.05) is 17.6 Å². The summed E-state index contributed by atoms with van der Waals surface area (Å²) in [6.45, 7) is 1.90. The van der Waals surface area contributed by atoms with Crippen molar-refractivity contribution in [2.24, 2.45) is 0 Å². The van der Waals surface area contributed by atoms with E-state index >= 15 is 0 Å². The Morgan fingerprint density at radius 2 is 2.00 bits per heavy atom. The zero-order valence-electron chi connectivity index (χ0n) is 13.3. The second-order valence-corrected chi connectivity index (χ2v) is 6.95. The molecule has 2 aromatic carbocycles. The van der Waals surface area contributed by atoms with Crippen LogP contribution in [0.2, 0.25) is 5.02 Å². The Hall–Kier alpha value is -1.72. The average molecular weight is 410 g/mol. The van der Waals surface area contributed by atoms with Crippen molar-refractivity contribution in [2.45, 2.75) is 12.8 Å². The number of carbonyl (C=O) groups is 1. The molecule has 1 amide bonds. The van der Waals surface area contributed by atoms with Crippen LogP contribution in [-0.2, 0) is 0 Å². The van der Waals surface area contributed by atoms with Crippen LogP contribution in [0.15, 0.2) is 40.9 Å². The number of para-hydroxylation sites is 1. The summed E-state index contributed by atoms with van der Waals surface area (Å²) in [6.07, 6.45) is 2.27. The van der Waals surface area contributed by atoms with Gasteiger partial charge in [-0.1, -0.05) is 33.6 Å². The molecule has 1 aliphatic heterocycles. The van der Waals surface area contributed by atoms with Gasteiger partial charge in [-0.05, 0) is 43.2 Å². The lowest BCUT2D eigenvalue weighted by atomic mass is 10.1. The van der Waals surface area contributed by atoms with Crippen molar-refractivity contribution in [3.63, 3.8) is 0 Å². The van der Waals surface area contributed by atoms with Crippen molar-refractivity contribution in [2.75, 3.05) is 30.4 Å². The van der Waals surface area contributed by atoms with E-state index in [-0.39, 0.29) is 5.91 Å². The molecule has 0 aliphatic carbocycles. The molecule has 0 radical (unpaired) electrons. The van der Waals surface area contributed by atoms with Crippen LogP contribution in [0.4, 0.5) is 11.4 Å². The molecule has 4 nitrogen and oxygen atoms in total. The molecule has 0 atom stereocenters. The molecule has 24 heavy (non-hydrogen) atoms. The molecule has 3 rings (SSSR count). The second kappa shape index (κ2) is 7.45. The Bertz CT molecular complexity index is 761. The number of nitrogens with one attached hydrogen (secondary N) is 1. The highest BCUT2D eigenvalue weighted by molar-refractivity contribution is 9.10. The van der Waals surface area contributed by atoms with Crippen LogP contribution in [-0.4, -0.2) is 26.1 Å². The quantitative estimate of drug-likeness (QED) is 0.775. The fourth-order valence-corrected chi connectivity index (χ4v) is 3.58. The normalized spacial score (nSPS) is 13.9. The highest BCUT2D eigenvalue weighted by Crippen LogP contribution is 2.36. The number of hydrogen-bond acceptors (Lipinski definition) is 3. The van der Waals surface area contributed by atoms with E-state index in [9.17, 15) is 4.79 Å². The van der Waals surface area contributed by atoms with Crippen LogP contribution in [0.3, 0.4) is 0 Å². The molecule has 126 valence electrons. The Labute approximate surface area is 154 Å². The minimum absolute atomic E-state index is 0.226. The van der Waals surface area contributed by atoms with E-state index in [4.69, 9.17) is 16.3 Å². The third kappa shape index (κ3) is 3.52. The maximum absolute atomic E-state index is 12.8. The Kier molecular flexibility index (Phi) is 5.31. The first-order valence-corrected chi connectivity index (χ1v) is 8.95. The molecule has 1 aliphatic rings. The monoisotopic (exact) mass is 408 g/mol. The summed E-state index contributed by atoms with van der Waals surface area (Å²) < 4.78 is 6.11. The van der Waals surface area contributed by atoms with E-state index in [0.29, 0.717) is 16.3 Å². The van der Waals surface area contributed by atoms with Gasteiger partial charge in [-0.25, -0.2) is 0 Å². The number of benzene rings is 2. The number of ether oxygens (including phenoxy) is 1. The van der Waals surface area contributed by atoms with Crippen molar-refractivity contribution in [3.05, 3.63) is 51.5 Å². The number of carbonyl (C=O) groups excluding carboxylic acids is 1. The Balaban J connectivity index is 1.93. The smallest absolute Gasteiger partial charge is 0.259 e. The van der Waals surface area contributed by atoms with Gasteiger partial charge in [0.2, 0.25) is 0 Å². The summed E-state index contributed by atoms with van der Waals surface area (Å²) in [5, 5.41) is 3.63. The van der Waals surface area contributed by atoms with Gasteiger partial charge in [-0.15, -0.1) is 0 Å². The zero-order valence-corrected chi connectivity index (χ0v) is 15.7. The van der Waals surface area contributed by atoms with E-state index in [0.717, 1.165) is 41.8 Å². The van der Waals surface area contributed by atoms with Crippen LogP contribution in [0, 0.1) is 0 Å². The van der Waals surface area contributed by atoms with Gasteiger partial charge in [0.25, 0.3) is 5.91 Å². The van der Waals surface area contributed by atoms with Gasteiger partial charge in [0.15, 0.2) is 0 Å². The number of halogens is 2. The number of rotatable bonds is 4. The molecule has 1 heterocycles. The summed E-state index contributed by atoms with van der Waals surface area (Å²) >= 11 is 9.79. The number of hydrogen-bond donors (Lipinski definition) is 1. The minimum atomic E-state index is -0.226. The van der Waals surface area contributed by atoms with E-state index in [1.54, 1.807) is 19.2 Å². The fourth-order valence-electron chi connectivity index (χ4n) is 2.93. The number of amides is 1. The molecule has 1 fully saturated rings. The van der Waals surface area contributed by atoms with E-state index < -0.39 is 0 Å². The topological polar surface area (TPSA) is 41.6 Å². The molecule has 0 bridgehead atoms. The van der Waals surface area contributed by atoms with Crippen molar-refractivity contribution in [1.29, 1.82) is 0 Å². The molecular formula is C18H18BrClN2O2. The summed E-state index contributed by atoms with van der Waals surface area (Å²) in [4.78, 5) is 15.0. The van der Waals surface area contributed by atoms with Gasteiger partial charge in [-0.3, -0.25) is 4.79 Å². The van der Waals surface area contributed by atoms with E-state index in [1.165, 1.54) is 0 Å². The van der Waals surface area contributed by atoms with Crippen molar-refractivity contribution >= 4 is 44.8 Å². The Morgan fingerprint density at radius 3 is 2.71 bits per heavy atom. The highest BCUT2D eigenvalue weighted by Gasteiger charge is 2.21. The fraction of sp³-hybridized carbons (Fsp3) is 0.278.